The first kappa shape index (κ1) is 6.12. The second kappa shape index (κ2) is 5.51. The summed E-state index contributed by atoms with van der Waals surface area (Å²) < 4.78 is 82.9. The fourth-order valence-corrected chi connectivity index (χ4v) is 2.78. The standard InChI is InChI=1S/C17H20N2S/c1-13(18(2)3)12-19-14-8-4-6-10-16(14)20-17-11-7-5-9-15(17)19/h4-11,13H,12H2,1-3H3/i1D3,4D,6D,8D,10D,12D2,13D. The molecule has 0 bridgehead atoms. The van der Waals surface area contributed by atoms with Gasteiger partial charge in [0, 0.05) is 27.8 Å². The highest BCUT2D eigenvalue weighted by Crippen LogP contribution is 2.47. The first-order valence-electron chi connectivity index (χ1n) is 11.0. The van der Waals surface area contributed by atoms with Crippen molar-refractivity contribution in [1.29, 1.82) is 0 Å². The number of fused-ring (bicyclic) bond motifs is 2. The Kier molecular flexibility index (Phi) is 1.69. The number of anilines is 2. The Morgan fingerprint density at radius 1 is 1.30 bits per heavy atom. The van der Waals surface area contributed by atoms with Gasteiger partial charge in [-0.25, -0.2) is 0 Å². The van der Waals surface area contributed by atoms with Crippen LogP contribution in [0.5, 0.6) is 0 Å². The number of rotatable bonds is 3. The molecule has 1 heterocycles. The average Bonchev–Trinajstić information content (AvgIpc) is 2.67. The molecule has 3 heteroatoms. The van der Waals surface area contributed by atoms with E-state index < -0.39 is 37.5 Å². The maximum absolute atomic E-state index is 8.86. The van der Waals surface area contributed by atoms with Gasteiger partial charge in [-0.1, -0.05) is 36.0 Å². The van der Waals surface area contributed by atoms with E-state index in [1.54, 1.807) is 24.3 Å². The third-order valence-electron chi connectivity index (χ3n) is 2.84. The van der Waals surface area contributed by atoms with Gasteiger partial charge >= 0.3 is 0 Å². The van der Waals surface area contributed by atoms with Gasteiger partial charge in [0.1, 0.15) is 0 Å². The van der Waals surface area contributed by atoms with E-state index in [0.717, 1.165) is 21.6 Å². The molecule has 0 spiro atoms. The predicted molar refractivity (Wildman–Crippen MR) is 87.2 cm³/mol. The molecule has 3 rings (SSSR count). The minimum Gasteiger partial charge on any atom is -0.338 e. The van der Waals surface area contributed by atoms with E-state index in [-0.39, 0.29) is 22.3 Å². The minimum absolute atomic E-state index is 0.0789. The molecule has 0 fully saturated rings. The van der Waals surface area contributed by atoms with Gasteiger partial charge in [-0.15, -0.1) is 0 Å². The van der Waals surface area contributed by atoms with Crippen LogP contribution in [0.4, 0.5) is 11.4 Å². The number of nitrogens with zero attached hydrogens (tertiary/aromatic N) is 2. The lowest BCUT2D eigenvalue weighted by molar-refractivity contribution is 0.319. The summed E-state index contributed by atoms with van der Waals surface area (Å²) in [5, 5.41) is 0. The highest BCUT2D eigenvalue weighted by molar-refractivity contribution is 7.99. The molecule has 0 N–H and O–H groups in total. The van der Waals surface area contributed by atoms with Crippen LogP contribution in [0.2, 0.25) is 0 Å². The van der Waals surface area contributed by atoms with E-state index in [4.69, 9.17) is 13.7 Å². The van der Waals surface area contributed by atoms with Crippen molar-refractivity contribution in [2.45, 2.75) is 22.7 Å². The maximum atomic E-state index is 8.86. The molecule has 0 saturated carbocycles. The Morgan fingerprint density at radius 3 is 2.90 bits per heavy atom. The molecule has 1 aliphatic rings. The van der Waals surface area contributed by atoms with Crippen molar-refractivity contribution < 1.29 is 13.7 Å². The van der Waals surface area contributed by atoms with Crippen molar-refractivity contribution in [3.8, 4) is 0 Å². The van der Waals surface area contributed by atoms with Gasteiger partial charge in [0.05, 0.1) is 19.6 Å². The summed E-state index contributed by atoms with van der Waals surface area (Å²) >= 11 is 1.06. The first-order chi connectivity index (χ1) is 13.7. The van der Waals surface area contributed by atoms with E-state index in [1.807, 2.05) is 0 Å². The molecule has 0 aromatic heterocycles. The second-order valence-corrected chi connectivity index (χ2v) is 5.49. The van der Waals surface area contributed by atoms with Gasteiger partial charge in [0.2, 0.25) is 0 Å². The number of likely N-dealkylation sites (N-methyl/N-ethyl adjacent to an activating group) is 1. The number of hydrogen-bond donors (Lipinski definition) is 0. The van der Waals surface area contributed by atoms with Crippen molar-refractivity contribution in [2.24, 2.45) is 0 Å². The lowest BCUT2D eigenvalue weighted by Gasteiger charge is -2.36. The van der Waals surface area contributed by atoms with Crippen molar-refractivity contribution in [1.82, 2.24) is 4.90 Å². The number of hydrogen-bond acceptors (Lipinski definition) is 3. The van der Waals surface area contributed by atoms with Crippen LogP contribution in [-0.4, -0.2) is 31.5 Å². The Hall–Kier alpha value is -1.45. The monoisotopic (exact) mass is 294 g/mol. The van der Waals surface area contributed by atoms with Gasteiger partial charge in [0.15, 0.2) is 0 Å². The van der Waals surface area contributed by atoms with Gasteiger partial charge in [0.25, 0.3) is 0 Å². The minimum atomic E-state index is -3.08. The Labute approximate surface area is 139 Å². The SMILES string of the molecule is [2H]c1c([2H])c([2H])c2c(c1[2H])Sc1ccccc1N2C([2H])([2H])C([2H])(N(C)C)C([2H])([2H])[2H]. The van der Waals surface area contributed by atoms with Crippen molar-refractivity contribution >= 4 is 23.1 Å². The van der Waals surface area contributed by atoms with Crippen LogP contribution < -0.4 is 4.90 Å². The third-order valence-corrected chi connectivity index (χ3v) is 3.91. The summed E-state index contributed by atoms with van der Waals surface area (Å²) in [6, 6.07) is 1.88. The van der Waals surface area contributed by atoms with Crippen LogP contribution >= 0.6 is 11.8 Å². The number of para-hydroxylation sites is 2. The zero-order valence-corrected chi connectivity index (χ0v) is 11.9. The summed E-state index contributed by atoms with van der Waals surface area (Å²) in [6.45, 7) is -5.99. The molecule has 2 aromatic carbocycles. The summed E-state index contributed by atoms with van der Waals surface area (Å²) in [6.07, 6.45) is 0. The van der Waals surface area contributed by atoms with Crippen LogP contribution in [0.1, 0.15) is 20.6 Å². The Balaban J connectivity index is 2.44. The number of benzene rings is 2. The largest absolute Gasteiger partial charge is 0.338 e. The van der Waals surface area contributed by atoms with Crippen LogP contribution in [0.15, 0.2) is 58.2 Å². The normalized spacial score (nSPS) is 25.1. The zero-order chi connectivity index (χ0) is 22.8. The topological polar surface area (TPSA) is 6.48 Å². The Bertz CT molecular complexity index is 1010. The molecular weight excluding hydrogens is 264 g/mol. The van der Waals surface area contributed by atoms with E-state index in [9.17, 15) is 0 Å². The highest BCUT2D eigenvalue weighted by atomic mass is 32.2. The van der Waals surface area contributed by atoms with Crippen molar-refractivity contribution in [3.05, 3.63) is 48.4 Å². The van der Waals surface area contributed by atoms with Gasteiger partial charge in [-0.3, -0.25) is 0 Å². The molecule has 0 aliphatic carbocycles. The molecular formula is C17H20N2S. The highest BCUT2D eigenvalue weighted by Gasteiger charge is 2.24. The smallest absolute Gasteiger partial charge is 0.0645 e. The van der Waals surface area contributed by atoms with E-state index in [0.29, 0.717) is 4.90 Å². The third kappa shape index (κ3) is 2.43. The molecule has 1 atom stereocenters. The summed E-state index contributed by atoms with van der Waals surface area (Å²) in [7, 11) is 2.59. The van der Waals surface area contributed by atoms with E-state index in [2.05, 4.69) is 0 Å². The molecule has 0 radical (unpaired) electrons. The second-order valence-electron chi connectivity index (χ2n) is 4.44. The van der Waals surface area contributed by atoms with Crippen LogP contribution in [0.3, 0.4) is 0 Å². The van der Waals surface area contributed by atoms with Gasteiger partial charge in [-0.05, 0) is 45.2 Å². The molecule has 1 unspecified atom stereocenters. The van der Waals surface area contributed by atoms with Crippen LogP contribution in [-0.2, 0) is 0 Å². The molecule has 1 aliphatic heterocycles. The van der Waals surface area contributed by atoms with Crippen molar-refractivity contribution in [3.63, 3.8) is 0 Å². The maximum Gasteiger partial charge on any atom is 0.0645 e. The molecule has 0 saturated heterocycles. The molecule has 104 valence electrons. The van der Waals surface area contributed by atoms with Gasteiger partial charge in [-0.2, -0.15) is 0 Å². The summed E-state index contributed by atoms with van der Waals surface area (Å²) in [5.74, 6) is 0. The fourth-order valence-electron chi connectivity index (χ4n) is 1.81. The zero-order valence-electron chi connectivity index (χ0n) is 21.1. The van der Waals surface area contributed by atoms with Crippen molar-refractivity contribution in [2.75, 3.05) is 25.5 Å². The van der Waals surface area contributed by atoms with E-state index >= 15 is 0 Å². The average molecular weight is 294 g/mol. The lowest BCUT2D eigenvalue weighted by atomic mass is 10.2. The predicted octanol–water partition coefficient (Wildman–Crippen LogP) is 4.24. The van der Waals surface area contributed by atoms with Gasteiger partial charge < -0.3 is 9.80 Å². The van der Waals surface area contributed by atoms with Crippen LogP contribution in [0, 0.1) is 0 Å². The lowest BCUT2D eigenvalue weighted by Crippen LogP contribution is -2.37. The molecule has 2 nitrogen and oxygen atoms in total. The Morgan fingerprint density at radius 2 is 2.10 bits per heavy atom. The molecule has 20 heavy (non-hydrogen) atoms. The summed E-state index contributed by atoms with van der Waals surface area (Å²) in [5.41, 5.74) is 0.0465. The first-order valence-corrected chi connectivity index (χ1v) is 6.84. The fraction of sp³-hybridized carbons (Fsp3) is 0.294. The van der Waals surface area contributed by atoms with E-state index in [1.165, 1.54) is 14.1 Å². The summed E-state index contributed by atoms with van der Waals surface area (Å²) in [4.78, 5) is 2.47. The molecule has 0 amide bonds. The molecule has 2 aromatic rings. The quantitative estimate of drug-likeness (QED) is 0.836. The van der Waals surface area contributed by atoms with Crippen LogP contribution in [0.25, 0.3) is 0 Å².